The summed E-state index contributed by atoms with van der Waals surface area (Å²) in [6.07, 6.45) is 7.22. The van der Waals surface area contributed by atoms with Crippen molar-refractivity contribution in [2.45, 2.75) is 51.7 Å². The van der Waals surface area contributed by atoms with E-state index in [2.05, 4.69) is 51.6 Å². The van der Waals surface area contributed by atoms with Gasteiger partial charge in [-0.2, -0.15) is 0 Å². The first-order valence-corrected chi connectivity index (χ1v) is 10.8. The first kappa shape index (κ1) is 16.6. The Kier molecular flexibility index (Phi) is 4.46. The van der Waals surface area contributed by atoms with Crippen LogP contribution in [0, 0.1) is 11.8 Å². The van der Waals surface area contributed by atoms with E-state index in [0.29, 0.717) is 36.2 Å². The van der Waals surface area contributed by atoms with Crippen molar-refractivity contribution in [3.8, 4) is 11.5 Å². The third kappa shape index (κ3) is 2.62. The summed E-state index contributed by atoms with van der Waals surface area (Å²) in [7, 11) is 0. The number of ether oxygens (including phenoxy) is 2. The molecule has 24 heavy (non-hydrogen) atoms. The standard InChI is InChI=1S/C20H26O2S2/c1-11(2)17-13-7-5-6-8-14(13)19(23-17)20-16-15(21-9-10-22-16)18(24-20)12(3)4/h6,8,11-13,17H,5,7,9-10H2,1-4H3. The molecule has 130 valence electrons. The van der Waals surface area contributed by atoms with Gasteiger partial charge in [0, 0.05) is 10.2 Å². The zero-order valence-corrected chi connectivity index (χ0v) is 16.6. The van der Waals surface area contributed by atoms with E-state index in [1.165, 1.54) is 27.5 Å². The van der Waals surface area contributed by atoms with E-state index in [1.807, 2.05) is 11.3 Å². The van der Waals surface area contributed by atoms with Crippen LogP contribution >= 0.6 is 23.1 Å². The Morgan fingerprint density at radius 2 is 1.83 bits per heavy atom. The highest BCUT2D eigenvalue weighted by molar-refractivity contribution is 8.09. The summed E-state index contributed by atoms with van der Waals surface area (Å²) in [6.45, 7) is 10.5. The predicted octanol–water partition coefficient (Wildman–Crippen LogP) is 6.09. The van der Waals surface area contributed by atoms with Gasteiger partial charge < -0.3 is 9.47 Å². The molecule has 3 aliphatic rings. The maximum atomic E-state index is 6.09. The number of hydrogen-bond donors (Lipinski definition) is 0. The Hall–Kier alpha value is -0.870. The Morgan fingerprint density at radius 3 is 2.54 bits per heavy atom. The molecule has 2 atom stereocenters. The second-order valence-corrected chi connectivity index (χ2v) is 9.74. The molecule has 1 aliphatic carbocycles. The van der Waals surface area contributed by atoms with Crippen LogP contribution in [0.2, 0.25) is 0 Å². The molecule has 0 spiro atoms. The third-order valence-corrected chi connectivity index (χ3v) is 8.49. The van der Waals surface area contributed by atoms with Crippen LogP contribution in [-0.2, 0) is 0 Å². The number of fused-ring (bicyclic) bond motifs is 2. The van der Waals surface area contributed by atoms with Crippen molar-refractivity contribution in [3.63, 3.8) is 0 Å². The van der Waals surface area contributed by atoms with Crippen LogP contribution in [0.15, 0.2) is 17.7 Å². The molecule has 2 aliphatic heterocycles. The summed E-state index contributed by atoms with van der Waals surface area (Å²) in [5.41, 5.74) is 1.54. The lowest BCUT2D eigenvalue weighted by molar-refractivity contribution is 0.171. The molecule has 0 aromatic carbocycles. The van der Waals surface area contributed by atoms with Crippen molar-refractivity contribution in [3.05, 3.63) is 27.5 Å². The molecular formula is C20H26O2S2. The predicted molar refractivity (Wildman–Crippen MR) is 104 cm³/mol. The van der Waals surface area contributed by atoms with Crippen LogP contribution in [0.1, 0.15) is 56.2 Å². The topological polar surface area (TPSA) is 18.5 Å². The molecule has 0 saturated heterocycles. The molecule has 0 fully saturated rings. The average Bonchev–Trinajstić information content (AvgIpc) is 3.13. The van der Waals surface area contributed by atoms with E-state index >= 15 is 0 Å². The number of allylic oxidation sites excluding steroid dienone is 3. The van der Waals surface area contributed by atoms with Gasteiger partial charge in [-0.3, -0.25) is 0 Å². The molecular weight excluding hydrogens is 336 g/mol. The molecule has 0 bridgehead atoms. The van der Waals surface area contributed by atoms with Gasteiger partial charge in [0.2, 0.25) is 0 Å². The van der Waals surface area contributed by atoms with Gasteiger partial charge in [-0.25, -0.2) is 0 Å². The fraction of sp³-hybridized carbons (Fsp3) is 0.600. The second kappa shape index (κ2) is 6.45. The lowest BCUT2D eigenvalue weighted by Gasteiger charge is -2.25. The van der Waals surface area contributed by atoms with Crippen LogP contribution < -0.4 is 9.47 Å². The van der Waals surface area contributed by atoms with Crippen LogP contribution in [0.5, 0.6) is 11.5 Å². The first-order valence-electron chi connectivity index (χ1n) is 9.08. The van der Waals surface area contributed by atoms with Crippen molar-refractivity contribution < 1.29 is 9.47 Å². The molecule has 0 amide bonds. The van der Waals surface area contributed by atoms with E-state index < -0.39 is 0 Å². The first-order chi connectivity index (χ1) is 11.6. The van der Waals surface area contributed by atoms with Crippen molar-refractivity contribution in [2.75, 3.05) is 13.2 Å². The molecule has 1 aromatic rings. The maximum absolute atomic E-state index is 6.09. The van der Waals surface area contributed by atoms with Crippen molar-refractivity contribution in [1.82, 2.24) is 0 Å². The molecule has 0 radical (unpaired) electrons. The Morgan fingerprint density at radius 1 is 1.08 bits per heavy atom. The highest BCUT2D eigenvalue weighted by atomic mass is 32.2. The van der Waals surface area contributed by atoms with E-state index in [4.69, 9.17) is 9.47 Å². The van der Waals surface area contributed by atoms with E-state index in [0.717, 1.165) is 11.5 Å². The maximum Gasteiger partial charge on any atom is 0.180 e. The Balaban J connectivity index is 1.83. The van der Waals surface area contributed by atoms with Crippen LogP contribution in [-0.4, -0.2) is 18.5 Å². The summed E-state index contributed by atoms with van der Waals surface area (Å²) in [5.74, 6) is 3.87. The molecule has 2 nitrogen and oxygen atoms in total. The fourth-order valence-electron chi connectivity index (χ4n) is 3.92. The molecule has 4 rings (SSSR count). The van der Waals surface area contributed by atoms with Crippen LogP contribution in [0.25, 0.3) is 4.91 Å². The molecule has 0 N–H and O–H groups in total. The Bertz CT molecular complexity index is 697. The summed E-state index contributed by atoms with van der Waals surface area (Å²) < 4.78 is 12.1. The molecule has 3 heterocycles. The Labute approximate surface area is 153 Å². The highest BCUT2D eigenvalue weighted by Crippen LogP contribution is 2.59. The van der Waals surface area contributed by atoms with E-state index in [1.54, 1.807) is 5.57 Å². The number of rotatable bonds is 3. The largest absolute Gasteiger partial charge is 0.485 e. The highest BCUT2D eigenvalue weighted by Gasteiger charge is 2.40. The molecule has 4 heteroatoms. The van der Waals surface area contributed by atoms with E-state index in [-0.39, 0.29) is 0 Å². The number of hydrogen-bond acceptors (Lipinski definition) is 4. The monoisotopic (exact) mass is 362 g/mol. The van der Waals surface area contributed by atoms with Crippen LogP contribution in [0.3, 0.4) is 0 Å². The third-order valence-electron chi connectivity index (χ3n) is 5.07. The van der Waals surface area contributed by atoms with Gasteiger partial charge in [-0.1, -0.05) is 39.8 Å². The number of thiophene rings is 1. The van der Waals surface area contributed by atoms with E-state index in [9.17, 15) is 0 Å². The zero-order valence-electron chi connectivity index (χ0n) is 14.9. The SMILES string of the molecule is CC(C)c1sc(C2=C3C=CCCC3C(C(C)C)S2)c2c1OCCO2. The minimum absolute atomic E-state index is 0.467. The average molecular weight is 363 g/mol. The van der Waals surface area contributed by atoms with Gasteiger partial charge >= 0.3 is 0 Å². The fourth-order valence-corrected chi connectivity index (χ4v) is 6.90. The van der Waals surface area contributed by atoms with Gasteiger partial charge in [-0.15, -0.1) is 23.1 Å². The van der Waals surface area contributed by atoms with Gasteiger partial charge in [0.05, 0.1) is 9.75 Å². The molecule has 0 saturated carbocycles. The molecule has 1 aromatic heterocycles. The van der Waals surface area contributed by atoms with Gasteiger partial charge in [-0.05, 0) is 36.2 Å². The van der Waals surface area contributed by atoms with Crippen molar-refractivity contribution >= 4 is 28.0 Å². The number of thioether (sulfide) groups is 1. The smallest absolute Gasteiger partial charge is 0.180 e. The lowest BCUT2D eigenvalue weighted by atomic mass is 9.83. The van der Waals surface area contributed by atoms with Gasteiger partial charge in [0.15, 0.2) is 11.5 Å². The van der Waals surface area contributed by atoms with Crippen molar-refractivity contribution in [2.24, 2.45) is 11.8 Å². The summed E-state index contributed by atoms with van der Waals surface area (Å²) in [6, 6.07) is 0. The minimum Gasteiger partial charge on any atom is -0.485 e. The van der Waals surface area contributed by atoms with Gasteiger partial charge in [0.25, 0.3) is 0 Å². The summed E-state index contributed by atoms with van der Waals surface area (Å²) >= 11 is 3.97. The lowest BCUT2D eigenvalue weighted by Crippen LogP contribution is -2.21. The molecule has 2 unspecified atom stereocenters. The summed E-state index contributed by atoms with van der Waals surface area (Å²) in [4.78, 5) is 4.10. The zero-order chi connectivity index (χ0) is 16.8. The van der Waals surface area contributed by atoms with Crippen LogP contribution in [0.4, 0.5) is 0 Å². The minimum atomic E-state index is 0.467. The second-order valence-electron chi connectivity index (χ2n) is 7.50. The van der Waals surface area contributed by atoms with Crippen molar-refractivity contribution in [1.29, 1.82) is 0 Å². The quantitative estimate of drug-likeness (QED) is 0.648. The normalized spacial score (nSPS) is 25.8. The van der Waals surface area contributed by atoms with Gasteiger partial charge in [0.1, 0.15) is 13.2 Å². The summed E-state index contributed by atoms with van der Waals surface area (Å²) in [5, 5.41) is 0.685.